The van der Waals surface area contributed by atoms with Gasteiger partial charge in [0.2, 0.25) is 5.13 Å². The van der Waals surface area contributed by atoms with Gasteiger partial charge >= 0.3 is 0 Å². The minimum absolute atomic E-state index is 0.611. The predicted octanol–water partition coefficient (Wildman–Crippen LogP) is 5.87. The molecule has 2 aromatic carbocycles. The summed E-state index contributed by atoms with van der Waals surface area (Å²) in [6.07, 6.45) is 1.75. The highest BCUT2D eigenvalue weighted by Crippen LogP contribution is 2.35. The zero-order valence-corrected chi connectivity index (χ0v) is 14.6. The zero-order valence-electron chi connectivity index (χ0n) is 12.3. The Balaban J connectivity index is 1.73. The SMILES string of the molecule is Cc1ccc(C=NNc2nc(-c3ccc(Cl)cc3)c(Cl)s2)cc1. The molecule has 1 aromatic heterocycles. The number of hydrazone groups is 1. The van der Waals surface area contributed by atoms with Crippen LogP contribution in [0.1, 0.15) is 11.1 Å². The fourth-order valence-electron chi connectivity index (χ4n) is 1.95. The molecule has 116 valence electrons. The first-order valence-electron chi connectivity index (χ1n) is 6.90. The Hall–Kier alpha value is -1.88. The van der Waals surface area contributed by atoms with Gasteiger partial charge in [-0.05, 0) is 24.6 Å². The molecule has 0 amide bonds. The Morgan fingerprint density at radius 2 is 1.74 bits per heavy atom. The summed E-state index contributed by atoms with van der Waals surface area (Å²) in [4.78, 5) is 4.47. The van der Waals surface area contributed by atoms with Gasteiger partial charge < -0.3 is 0 Å². The van der Waals surface area contributed by atoms with Crippen molar-refractivity contribution in [2.75, 3.05) is 5.43 Å². The number of anilines is 1. The summed E-state index contributed by atoms with van der Waals surface area (Å²) in [6, 6.07) is 15.5. The lowest BCUT2D eigenvalue weighted by molar-refractivity contribution is 1.29. The molecule has 3 rings (SSSR count). The second-order valence-corrected chi connectivity index (χ2v) is 6.97. The number of hydrogen-bond donors (Lipinski definition) is 1. The number of halogens is 2. The van der Waals surface area contributed by atoms with E-state index in [1.165, 1.54) is 16.9 Å². The van der Waals surface area contributed by atoms with Crippen molar-refractivity contribution in [3.8, 4) is 11.3 Å². The van der Waals surface area contributed by atoms with Gasteiger partial charge in [-0.1, -0.05) is 76.5 Å². The third-order valence-corrected chi connectivity index (χ3v) is 4.57. The molecule has 0 bridgehead atoms. The van der Waals surface area contributed by atoms with Crippen LogP contribution in [-0.2, 0) is 0 Å². The summed E-state index contributed by atoms with van der Waals surface area (Å²) in [5, 5.41) is 5.52. The molecule has 0 aliphatic rings. The molecule has 3 nitrogen and oxygen atoms in total. The van der Waals surface area contributed by atoms with E-state index >= 15 is 0 Å². The van der Waals surface area contributed by atoms with Crippen LogP contribution in [0.5, 0.6) is 0 Å². The van der Waals surface area contributed by atoms with Crippen molar-refractivity contribution in [2.45, 2.75) is 6.92 Å². The van der Waals surface area contributed by atoms with Crippen LogP contribution in [-0.4, -0.2) is 11.2 Å². The minimum Gasteiger partial charge on any atom is -0.253 e. The van der Waals surface area contributed by atoms with E-state index in [2.05, 4.69) is 22.4 Å². The smallest absolute Gasteiger partial charge is 0.205 e. The second kappa shape index (κ2) is 7.13. The monoisotopic (exact) mass is 361 g/mol. The molecule has 0 saturated heterocycles. The fraction of sp³-hybridized carbons (Fsp3) is 0.0588. The molecular weight excluding hydrogens is 349 g/mol. The summed E-state index contributed by atoms with van der Waals surface area (Å²) >= 11 is 13.5. The lowest BCUT2D eigenvalue weighted by atomic mass is 10.2. The first-order valence-corrected chi connectivity index (χ1v) is 8.47. The molecule has 1 N–H and O–H groups in total. The van der Waals surface area contributed by atoms with Gasteiger partial charge in [0, 0.05) is 10.6 Å². The minimum atomic E-state index is 0.611. The number of hydrogen-bond acceptors (Lipinski definition) is 4. The lowest BCUT2D eigenvalue weighted by Gasteiger charge is -1.97. The van der Waals surface area contributed by atoms with Gasteiger partial charge in [0.05, 0.1) is 6.21 Å². The van der Waals surface area contributed by atoms with Gasteiger partial charge in [0.25, 0.3) is 0 Å². The van der Waals surface area contributed by atoms with Crippen molar-refractivity contribution in [3.63, 3.8) is 0 Å². The highest BCUT2D eigenvalue weighted by molar-refractivity contribution is 7.20. The van der Waals surface area contributed by atoms with Crippen LogP contribution in [0.25, 0.3) is 11.3 Å². The summed E-state index contributed by atoms with van der Waals surface area (Å²) < 4.78 is 0.611. The van der Waals surface area contributed by atoms with Crippen molar-refractivity contribution in [2.24, 2.45) is 5.10 Å². The highest BCUT2D eigenvalue weighted by atomic mass is 35.5. The number of thiazole rings is 1. The number of nitrogens with one attached hydrogen (secondary N) is 1. The molecule has 0 aliphatic heterocycles. The normalized spacial score (nSPS) is 11.1. The van der Waals surface area contributed by atoms with Crippen LogP contribution >= 0.6 is 34.5 Å². The van der Waals surface area contributed by atoms with Gasteiger partial charge in [-0.2, -0.15) is 5.10 Å². The Bertz CT molecular complexity index is 824. The molecule has 0 fully saturated rings. The number of benzene rings is 2. The number of aromatic nitrogens is 1. The maximum Gasteiger partial charge on any atom is 0.205 e. The van der Waals surface area contributed by atoms with Crippen LogP contribution < -0.4 is 5.43 Å². The Morgan fingerprint density at radius 1 is 1.04 bits per heavy atom. The number of rotatable bonds is 4. The Morgan fingerprint density at radius 3 is 2.43 bits per heavy atom. The molecule has 0 spiro atoms. The molecule has 1 heterocycles. The van der Waals surface area contributed by atoms with E-state index < -0.39 is 0 Å². The third-order valence-electron chi connectivity index (χ3n) is 3.15. The molecule has 0 aliphatic carbocycles. The number of aryl methyl sites for hydroxylation is 1. The molecule has 0 unspecified atom stereocenters. The first kappa shape index (κ1) is 16.0. The van der Waals surface area contributed by atoms with Crippen LogP contribution in [0.3, 0.4) is 0 Å². The number of nitrogens with zero attached hydrogens (tertiary/aromatic N) is 2. The molecular formula is C17H13Cl2N3S. The Labute approximate surface area is 148 Å². The Kier molecular flexibility index (Phi) is 4.96. The molecule has 3 aromatic rings. The highest BCUT2D eigenvalue weighted by Gasteiger charge is 2.11. The lowest BCUT2D eigenvalue weighted by Crippen LogP contribution is -1.90. The quantitative estimate of drug-likeness (QED) is 0.465. The van der Waals surface area contributed by atoms with E-state index in [0.29, 0.717) is 14.5 Å². The van der Waals surface area contributed by atoms with Crippen molar-refractivity contribution in [3.05, 3.63) is 69.0 Å². The summed E-state index contributed by atoms with van der Waals surface area (Å²) in [7, 11) is 0. The second-order valence-electron chi connectivity index (χ2n) is 4.93. The van der Waals surface area contributed by atoms with Gasteiger partial charge in [-0.25, -0.2) is 4.98 Å². The van der Waals surface area contributed by atoms with Crippen LogP contribution in [0.15, 0.2) is 53.6 Å². The standard InChI is InChI=1S/C17H13Cl2N3S/c1-11-2-4-12(5-3-11)10-20-22-17-21-15(16(19)23-17)13-6-8-14(18)9-7-13/h2-10H,1H3,(H,21,22). The molecule has 0 atom stereocenters. The van der Waals surface area contributed by atoms with Gasteiger partial charge in [0.15, 0.2) is 0 Å². The topological polar surface area (TPSA) is 37.3 Å². The van der Waals surface area contributed by atoms with Crippen LogP contribution in [0.2, 0.25) is 9.36 Å². The van der Waals surface area contributed by atoms with E-state index in [1.54, 1.807) is 6.21 Å². The zero-order chi connectivity index (χ0) is 16.2. The maximum absolute atomic E-state index is 6.26. The largest absolute Gasteiger partial charge is 0.253 e. The third kappa shape index (κ3) is 4.10. The summed E-state index contributed by atoms with van der Waals surface area (Å²) in [6.45, 7) is 2.05. The van der Waals surface area contributed by atoms with Crippen molar-refractivity contribution in [1.29, 1.82) is 0 Å². The molecule has 0 saturated carbocycles. The van der Waals surface area contributed by atoms with Crippen molar-refractivity contribution < 1.29 is 0 Å². The van der Waals surface area contributed by atoms with Gasteiger partial charge in [0.1, 0.15) is 10.0 Å². The molecule has 0 radical (unpaired) electrons. The predicted molar refractivity (Wildman–Crippen MR) is 100.0 cm³/mol. The van der Waals surface area contributed by atoms with Crippen molar-refractivity contribution >= 4 is 45.9 Å². The average Bonchev–Trinajstić information content (AvgIpc) is 2.91. The van der Waals surface area contributed by atoms with Gasteiger partial charge in [-0.15, -0.1) is 0 Å². The average molecular weight is 362 g/mol. The van der Waals surface area contributed by atoms with Crippen LogP contribution in [0, 0.1) is 6.92 Å². The van der Waals surface area contributed by atoms with E-state index in [1.807, 2.05) is 48.5 Å². The summed E-state index contributed by atoms with van der Waals surface area (Å²) in [5.41, 5.74) is 6.80. The van der Waals surface area contributed by atoms with Gasteiger partial charge in [-0.3, -0.25) is 5.43 Å². The maximum atomic E-state index is 6.26. The van der Waals surface area contributed by atoms with E-state index in [9.17, 15) is 0 Å². The van der Waals surface area contributed by atoms with Crippen molar-refractivity contribution in [1.82, 2.24) is 4.98 Å². The van der Waals surface area contributed by atoms with Crippen LogP contribution in [0.4, 0.5) is 5.13 Å². The van der Waals surface area contributed by atoms with E-state index in [0.717, 1.165) is 16.8 Å². The van der Waals surface area contributed by atoms with E-state index in [-0.39, 0.29) is 0 Å². The molecule has 23 heavy (non-hydrogen) atoms. The summed E-state index contributed by atoms with van der Waals surface area (Å²) in [5.74, 6) is 0. The fourth-order valence-corrected chi connectivity index (χ4v) is 3.11. The first-order chi connectivity index (χ1) is 11.1. The molecule has 6 heteroatoms. The van der Waals surface area contributed by atoms with E-state index in [4.69, 9.17) is 23.2 Å².